The van der Waals surface area contributed by atoms with E-state index in [0.29, 0.717) is 6.61 Å². The Morgan fingerprint density at radius 1 is 1.07 bits per heavy atom. The van der Waals surface area contributed by atoms with Crippen molar-refractivity contribution in [1.82, 2.24) is 4.90 Å². The topological polar surface area (TPSA) is 30.9 Å². The molecule has 0 aliphatic carbocycles. The fourth-order valence-corrected chi connectivity index (χ4v) is 4.92. The fourth-order valence-electron chi connectivity index (χ4n) is 3.74. The highest BCUT2D eigenvalue weighted by atomic mass is 32.2. The summed E-state index contributed by atoms with van der Waals surface area (Å²) in [6.07, 6.45) is -0.246. The molecular weight excluding hydrogens is 358 g/mol. The Bertz CT molecular complexity index is 767. The van der Waals surface area contributed by atoms with Crippen molar-refractivity contribution in [1.29, 1.82) is 0 Å². The summed E-state index contributed by atoms with van der Waals surface area (Å²) in [5.41, 5.74) is 2.60. The highest BCUT2D eigenvalue weighted by Crippen LogP contribution is 2.40. The number of hydrogen-bond acceptors (Lipinski definition) is 5. The Morgan fingerprint density at radius 2 is 1.81 bits per heavy atom. The lowest BCUT2D eigenvalue weighted by atomic mass is 10.0. The van der Waals surface area contributed by atoms with Crippen molar-refractivity contribution >= 4 is 11.8 Å². The quantitative estimate of drug-likeness (QED) is 0.758. The van der Waals surface area contributed by atoms with Crippen LogP contribution >= 0.6 is 11.8 Å². The van der Waals surface area contributed by atoms with Crippen LogP contribution in [0.25, 0.3) is 0 Å². The molecule has 2 aliphatic heterocycles. The summed E-state index contributed by atoms with van der Waals surface area (Å²) in [7, 11) is 2.13. The van der Waals surface area contributed by atoms with Crippen LogP contribution in [0, 0.1) is 0 Å². The lowest BCUT2D eigenvalue weighted by Crippen LogP contribution is -2.51. The molecule has 0 aromatic heterocycles. The molecule has 27 heavy (non-hydrogen) atoms. The van der Waals surface area contributed by atoms with Gasteiger partial charge in [0.1, 0.15) is 11.9 Å². The standard InChI is InChI=1S/C22H27NO3S/c1-22(2)24-13-20(26-22)21-23(3)18(17-11-7-8-12-19(17)25-21)15-27-14-16-9-5-4-6-10-16/h4-12,18,20-21H,13-15H2,1-3H3/t18-,20+,21+/m0/s1. The molecule has 3 atom stereocenters. The van der Waals surface area contributed by atoms with Gasteiger partial charge in [0.15, 0.2) is 12.0 Å². The molecule has 0 amide bonds. The van der Waals surface area contributed by atoms with Crippen molar-refractivity contribution in [3.63, 3.8) is 0 Å². The monoisotopic (exact) mass is 385 g/mol. The van der Waals surface area contributed by atoms with Crippen LogP contribution in [0.4, 0.5) is 0 Å². The average Bonchev–Trinajstić information content (AvgIpc) is 3.03. The van der Waals surface area contributed by atoms with E-state index in [1.54, 1.807) is 0 Å². The molecule has 4 rings (SSSR count). The van der Waals surface area contributed by atoms with Gasteiger partial charge in [-0.2, -0.15) is 11.8 Å². The van der Waals surface area contributed by atoms with Crippen LogP contribution in [0.15, 0.2) is 54.6 Å². The molecule has 1 fully saturated rings. The van der Waals surface area contributed by atoms with Crippen LogP contribution in [0.3, 0.4) is 0 Å². The van der Waals surface area contributed by atoms with Gasteiger partial charge >= 0.3 is 0 Å². The highest BCUT2D eigenvalue weighted by Gasteiger charge is 2.44. The first-order valence-corrected chi connectivity index (χ1v) is 10.6. The summed E-state index contributed by atoms with van der Waals surface area (Å²) < 4.78 is 18.2. The van der Waals surface area contributed by atoms with E-state index in [-0.39, 0.29) is 18.4 Å². The van der Waals surface area contributed by atoms with Crippen molar-refractivity contribution in [3.8, 4) is 5.75 Å². The average molecular weight is 386 g/mol. The minimum absolute atomic E-state index is 0.0972. The lowest BCUT2D eigenvalue weighted by Gasteiger charge is -2.42. The SMILES string of the molecule is CN1[C@@H]([C@H]2COC(C)(C)O2)Oc2ccccc2[C@@H]1CSCc1ccccc1. The molecular formula is C22H27NO3S. The Balaban J connectivity index is 1.50. The highest BCUT2D eigenvalue weighted by molar-refractivity contribution is 7.98. The molecule has 2 aliphatic rings. The van der Waals surface area contributed by atoms with E-state index in [9.17, 15) is 0 Å². The van der Waals surface area contributed by atoms with Gasteiger partial charge in [0.2, 0.25) is 0 Å². The van der Waals surface area contributed by atoms with Crippen LogP contribution in [-0.4, -0.2) is 42.4 Å². The largest absolute Gasteiger partial charge is 0.472 e. The third-order valence-corrected chi connectivity index (χ3v) is 6.24. The maximum absolute atomic E-state index is 6.33. The number of thioether (sulfide) groups is 1. The van der Waals surface area contributed by atoms with Gasteiger partial charge in [0.05, 0.1) is 12.6 Å². The molecule has 1 saturated heterocycles. The first-order valence-electron chi connectivity index (χ1n) is 9.44. The van der Waals surface area contributed by atoms with Gasteiger partial charge in [-0.1, -0.05) is 48.5 Å². The molecule has 144 valence electrons. The van der Waals surface area contributed by atoms with Crippen LogP contribution in [0.5, 0.6) is 5.75 Å². The second kappa shape index (κ2) is 7.84. The van der Waals surface area contributed by atoms with Crippen LogP contribution in [0.1, 0.15) is 31.0 Å². The van der Waals surface area contributed by atoms with Crippen LogP contribution in [-0.2, 0) is 15.2 Å². The predicted molar refractivity (Wildman–Crippen MR) is 109 cm³/mol. The molecule has 0 spiro atoms. The third-order valence-electron chi connectivity index (χ3n) is 5.15. The number of para-hydroxylation sites is 1. The maximum atomic E-state index is 6.33. The zero-order valence-electron chi connectivity index (χ0n) is 16.1. The van der Waals surface area contributed by atoms with Crippen LogP contribution in [0.2, 0.25) is 0 Å². The predicted octanol–water partition coefficient (Wildman–Crippen LogP) is 4.46. The minimum atomic E-state index is -0.552. The molecule has 0 unspecified atom stereocenters. The van der Waals surface area contributed by atoms with E-state index in [4.69, 9.17) is 14.2 Å². The summed E-state index contributed by atoms with van der Waals surface area (Å²) in [6, 6.07) is 19.3. The number of fused-ring (bicyclic) bond motifs is 1. The van der Waals surface area contributed by atoms with Crippen molar-refractivity contribution in [2.75, 3.05) is 19.4 Å². The fraction of sp³-hybridized carbons (Fsp3) is 0.455. The summed E-state index contributed by atoms with van der Waals surface area (Å²) in [4.78, 5) is 2.30. The van der Waals surface area contributed by atoms with Crippen molar-refractivity contribution in [3.05, 3.63) is 65.7 Å². The summed E-state index contributed by atoms with van der Waals surface area (Å²) in [5.74, 6) is 2.41. The van der Waals surface area contributed by atoms with E-state index in [1.165, 1.54) is 11.1 Å². The molecule has 0 bridgehead atoms. The number of likely N-dealkylation sites (N-methyl/N-ethyl adjacent to an activating group) is 1. The Labute approximate surface area is 165 Å². The summed E-state index contributed by atoms with van der Waals surface area (Å²) >= 11 is 1.96. The number of ether oxygens (including phenoxy) is 3. The van der Waals surface area contributed by atoms with Crippen molar-refractivity contribution in [2.24, 2.45) is 0 Å². The van der Waals surface area contributed by atoms with Gasteiger partial charge in [-0.25, -0.2) is 0 Å². The first kappa shape index (κ1) is 18.8. The molecule has 0 N–H and O–H groups in total. The number of hydrogen-bond donors (Lipinski definition) is 0. The van der Waals surface area contributed by atoms with E-state index in [1.807, 2.05) is 31.7 Å². The van der Waals surface area contributed by atoms with Gasteiger partial charge in [0, 0.05) is 17.1 Å². The molecule has 4 nitrogen and oxygen atoms in total. The second-order valence-electron chi connectivity index (χ2n) is 7.60. The lowest BCUT2D eigenvalue weighted by molar-refractivity contribution is -0.167. The van der Waals surface area contributed by atoms with Gasteiger partial charge in [0.25, 0.3) is 0 Å². The summed E-state index contributed by atoms with van der Waals surface area (Å²) in [6.45, 7) is 4.46. The Morgan fingerprint density at radius 3 is 2.56 bits per heavy atom. The molecule has 0 saturated carbocycles. The third kappa shape index (κ3) is 4.16. The molecule has 0 radical (unpaired) electrons. The van der Waals surface area contributed by atoms with Gasteiger partial charge < -0.3 is 14.2 Å². The van der Waals surface area contributed by atoms with Crippen molar-refractivity contribution < 1.29 is 14.2 Å². The van der Waals surface area contributed by atoms with Gasteiger partial charge in [-0.15, -0.1) is 0 Å². The van der Waals surface area contributed by atoms with Gasteiger partial charge in [-0.3, -0.25) is 4.90 Å². The maximum Gasteiger partial charge on any atom is 0.181 e. The molecule has 5 heteroatoms. The van der Waals surface area contributed by atoms with E-state index in [0.717, 1.165) is 17.3 Å². The molecule has 2 aromatic rings. The molecule has 2 heterocycles. The first-order chi connectivity index (χ1) is 13.0. The Hall–Kier alpha value is -1.53. The summed E-state index contributed by atoms with van der Waals surface area (Å²) in [5, 5.41) is 0. The van der Waals surface area contributed by atoms with E-state index >= 15 is 0 Å². The number of rotatable bonds is 5. The van der Waals surface area contributed by atoms with Crippen molar-refractivity contribution in [2.45, 2.75) is 43.8 Å². The second-order valence-corrected chi connectivity index (χ2v) is 8.63. The van der Waals surface area contributed by atoms with E-state index in [2.05, 4.69) is 60.5 Å². The zero-order valence-corrected chi connectivity index (χ0v) is 16.9. The van der Waals surface area contributed by atoms with Crippen LogP contribution < -0.4 is 4.74 Å². The minimum Gasteiger partial charge on any atom is -0.472 e. The molecule has 2 aromatic carbocycles. The number of nitrogens with zero attached hydrogens (tertiary/aromatic N) is 1. The zero-order chi connectivity index (χ0) is 18.9. The van der Waals surface area contributed by atoms with E-state index < -0.39 is 5.79 Å². The number of benzene rings is 2. The normalized spacial score (nSPS) is 27.1. The smallest absolute Gasteiger partial charge is 0.181 e. The Kier molecular flexibility index (Phi) is 5.46. The van der Waals surface area contributed by atoms with Gasteiger partial charge in [-0.05, 0) is 32.5 Å².